The van der Waals surface area contributed by atoms with Gasteiger partial charge in [-0.25, -0.2) is 8.42 Å². The van der Waals surface area contributed by atoms with Crippen LogP contribution in [0.25, 0.3) is 0 Å². The first kappa shape index (κ1) is 23.7. The van der Waals surface area contributed by atoms with Gasteiger partial charge in [-0.3, -0.25) is 4.79 Å². The molecule has 2 N–H and O–H groups in total. The number of hydrogen-bond donors (Lipinski definition) is 2. The van der Waals surface area contributed by atoms with Crippen molar-refractivity contribution in [1.29, 1.82) is 0 Å². The lowest BCUT2D eigenvalue weighted by Gasteiger charge is -2.34. The van der Waals surface area contributed by atoms with Crippen LogP contribution in [0.3, 0.4) is 0 Å². The number of carbonyl (C=O) groups is 1. The van der Waals surface area contributed by atoms with Gasteiger partial charge in [0.15, 0.2) is 0 Å². The fourth-order valence-electron chi connectivity index (χ4n) is 3.36. The summed E-state index contributed by atoms with van der Waals surface area (Å²) in [6.45, 7) is 6.17. The summed E-state index contributed by atoms with van der Waals surface area (Å²) in [5.41, 5.74) is 0.304. The van der Waals surface area contributed by atoms with Crippen molar-refractivity contribution in [2.45, 2.75) is 25.2 Å². The SMILES string of the molecule is CNCCNC(=O)c1ccc(OC)c(S(=O)(=O)N2CC(C)CC(C)C2)c1.Cl. The van der Waals surface area contributed by atoms with Gasteiger partial charge in [0.05, 0.1) is 7.11 Å². The lowest BCUT2D eigenvalue weighted by atomic mass is 9.94. The van der Waals surface area contributed by atoms with E-state index in [1.54, 1.807) is 13.1 Å². The molecule has 1 fully saturated rings. The number of piperidine rings is 1. The summed E-state index contributed by atoms with van der Waals surface area (Å²) in [7, 11) is -0.506. The van der Waals surface area contributed by atoms with Gasteiger partial charge in [0.25, 0.3) is 5.91 Å². The summed E-state index contributed by atoms with van der Waals surface area (Å²) in [5, 5.41) is 5.70. The fraction of sp³-hybridized carbons (Fsp3) is 0.611. The van der Waals surface area contributed by atoms with E-state index in [9.17, 15) is 13.2 Å². The highest BCUT2D eigenvalue weighted by Crippen LogP contribution is 2.32. The Kier molecular flexibility index (Phi) is 9.01. The molecular weight excluding hydrogens is 390 g/mol. The predicted molar refractivity (Wildman–Crippen MR) is 108 cm³/mol. The number of amides is 1. The van der Waals surface area contributed by atoms with Gasteiger partial charge in [-0.2, -0.15) is 4.31 Å². The first-order chi connectivity index (χ1) is 12.3. The van der Waals surface area contributed by atoms with Crippen LogP contribution in [0.4, 0.5) is 0 Å². The highest BCUT2D eigenvalue weighted by Gasteiger charge is 2.34. The van der Waals surface area contributed by atoms with E-state index in [2.05, 4.69) is 24.5 Å². The fourth-order valence-corrected chi connectivity index (χ4v) is 5.22. The minimum atomic E-state index is -3.74. The summed E-state index contributed by atoms with van der Waals surface area (Å²) in [5.74, 6) is 0.544. The van der Waals surface area contributed by atoms with Crippen molar-refractivity contribution in [3.63, 3.8) is 0 Å². The average molecular weight is 420 g/mol. The Hall–Kier alpha value is -1.35. The number of hydrogen-bond acceptors (Lipinski definition) is 5. The van der Waals surface area contributed by atoms with Crippen LogP contribution in [0.15, 0.2) is 23.1 Å². The first-order valence-electron chi connectivity index (χ1n) is 8.90. The van der Waals surface area contributed by atoms with Crippen molar-refractivity contribution >= 4 is 28.3 Å². The van der Waals surface area contributed by atoms with E-state index < -0.39 is 10.0 Å². The highest BCUT2D eigenvalue weighted by molar-refractivity contribution is 7.89. The molecule has 1 heterocycles. The van der Waals surface area contributed by atoms with Crippen LogP contribution in [0.2, 0.25) is 0 Å². The third kappa shape index (κ3) is 5.81. The van der Waals surface area contributed by atoms with Crippen molar-refractivity contribution in [2.75, 3.05) is 40.3 Å². The largest absolute Gasteiger partial charge is 0.495 e. The Morgan fingerprint density at radius 1 is 1.22 bits per heavy atom. The molecule has 0 aliphatic carbocycles. The number of likely N-dealkylation sites (N-methyl/N-ethyl adjacent to an activating group) is 1. The summed E-state index contributed by atoms with van der Waals surface area (Å²) in [4.78, 5) is 12.3. The number of methoxy groups -OCH3 is 1. The Labute approximate surface area is 168 Å². The lowest BCUT2D eigenvalue weighted by molar-refractivity contribution is 0.0954. The van der Waals surface area contributed by atoms with Crippen LogP contribution in [0.5, 0.6) is 5.75 Å². The first-order valence-corrected chi connectivity index (χ1v) is 10.3. The van der Waals surface area contributed by atoms with Crippen LogP contribution >= 0.6 is 12.4 Å². The molecule has 27 heavy (non-hydrogen) atoms. The van der Waals surface area contributed by atoms with Gasteiger partial charge in [0.1, 0.15) is 10.6 Å². The number of ether oxygens (including phenoxy) is 1. The van der Waals surface area contributed by atoms with E-state index in [4.69, 9.17) is 4.74 Å². The summed E-state index contributed by atoms with van der Waals surface area (Å²) >= 11 is 0. The zero-order chi connectivity index (χ0) is 19.3. The van der Waals surface area contributed by atoms with Crippen molar-refractivity contribution in [1.82, 2.24) is 14.9 Å². The van der Waals surface area contributed by atoms with Crippen LogP contribution < -0.4 is 15.4 Å². The summed E-state index contributed by atoms with van der Waals surface area (Å²) < 4.78 is 33.2. The second-order valence-corrected chi connectivity index (χ2v) is 8.90. The minimum Gasteiger partial charge on any atom is -0.495 e. The molecule has 2 atom stereocenters. The van der Waals surface area contributed by atoms with Gasteiger partial charge >= 0.3 is 0 Å². The molecular formula is C18H30ClN3O4S. The standard InChI is InChI=1S/C18H29N3O4S.ClH/c1-13-9-14(2)12-21(11-13)26(23,24)17-10-15(5-6-16(17)25-4)18(22)20-8-7-19-3;/h5-6,10,13-14,19H,7-9,11-12H2,1-4H3,(H,20,22);1H. The summed E-state index contributed by atoms with van der Waals surface area (Å²) in [6.07, 6.45) is 1.01. The van der Waals surface area contributed by atoms with Gasteiger partial charge in [-0.15, -0.1) is 12.4 Å². The van der Waals surface area contributed by atoms with Gasteiger partial charge in [0, 0.05) is 31.7 Å². The van der Waals surface area contributed by atoms with Crippen molar-refractivity contribution in [3.05, 3.63) is 23.8 Å². The van der Waals surface area contributed by atoms with Crippen molar-refractivity contribution < 1.29 is 17.9 Å². The molecule has 1 aromatic rings. The number of halogens is 1. The molecule has 0 bridgehead atoms. The van der Waals surface area contributed by atoms with Gasteiger partial charge in [-0.1, -0.05) is 13.8 Å². The second-order valence-electron chi connectivity index (χ2n) is 6.99. The quantitative estimate of drug-likeness (QED) is 0.657. The molecule has 1 saturated heterocycles. The molecule has 2 rings (SSSR count). The Morgan fingerprint density at radius 3 is 2.41 bits per heavy atom. The van der Waals surface area contributed by atoms with Gasteiger partial charge < -0.3 is 15.4 Å². The van der Waals surface area contributed by atoms with E-state index in [1.807, 2.05) is 0 Å². The number of nitrogens with zero attached hydrogens (tertiary/aromatic N) is 1. The molecule has 0 aromatic heterocycles. The van der Waals surface area contributed by atoms with E-state index in [1.165, 1.54) is 23.5 Å². The minimum absolute atomic E-state index is 0. The van der Waals surface area contributed by atoms with Crippen molar-refractivity contribution in [3.8, 4) is 5.75 Å². The smallest absolute Gasteiger partial charge is 0.251 e. The molecule has 1 aliphatic heterocycles. The van der Waals surface area contributed by atoms with Gasteiger partial charge in [-0.05, 0) is 43.5 Å². The zero-order valence-corrected chi connectivity index (χ0v) is 18.0. The number of nitrogens with one attached hydrogen (secondary N) is 2. The van der Waals surface area contributed by atoms with E-state index in [-0.39, 0.29) is 29.0 Å². The summed E-state index contributed by atoms with van der Waals surface area (Å²) in [6, 6.07) is 4.53. The maximum atomic E-state index is 13.2. The molecule has 1 aromatic carbocycles. The number of sulfonamides is 1. The highest BCUT2D eigenvalue weighted by atomic mass is 35.5. The Balaban J connectivity index is 0.00000364. The molecule has 9 heteroatoms. The number of rotatable bonds is 7. The maximum absolute atomic E-state index is 13.2. The second kappa shape index (κ2) is 10.3. The van der Waals surface area contributed by atoms with E-state index in [0.717, 1.165) is 6.42 Å². The average Bonchev–Trinajstić information content (AvgIpc) is 2.60. The Bertz CT molecular complexity index is 732. The topological polar surface area (TPSA) is 87.7 Å². The predicted octanol–water partition coefficient (Wildman–Crippen LogP) is 1.73. The van der Waals surface area contributed by atoms with Gasteiger partial charge in [0.2, 0.25) is 10.0 Å². The maximum Gasteiger partial charge on any atom is 0.251 e. The van der Waals surface area contributed by atoms with E-state index in [0.29, 0.717) is 43.6 Å². The molecule has 7 nitrogen and oxygen atoms in total. The molecule has 0 radical (unpaired) electrons. The molecule has 0 saturated carbocycles. The van der Waals surface area contributed by atoms with Crippen LogP contribution in [0.1, 0.15) is 30.6 Å². The molecule has 154 valence electrons. The third-order valence-electron chi connectivity index (χ3n) is 4.54. The van der Waals surface area contributed by atoms with Crippen LogP contribution in [-0.2, 0) is 10.0 Å². The van der Waals surface area contributed by atoms with E-state index >= 15 is 0 Å². The molecule has 0 spiro atoms. The third-order valence-corrected chi connectivity index (χ3v) is 6.39. The molecule has 1 aliphatic rings. The Morgan fingerprint density at radius 2 is 1.85 bits per heavy atom. The normalized spacial score (nSPS) is 20.6. The monoisotopic (exact) mass is 419 g/mol. The number of carbonyl (C=O) groups excluding carboxylic acids is 1. The van der Waals surface area contributed by atoms with Crippen LogP contribution in [-0.4, -0.2) is 59.0 Å². The van der Waals surface area contributed by atoms with Crippen LogP contribution in [0, 0.1) is 11.8 Å². The zero-order valence-electron chi connectivity index (χ0n) is 16.3. The lowest BCUT2D eigenvalue weighted by Crippen LogP contribution is -2.42. The van der Waals surface area contributed by atoms with Crippen molar-refractivity contribution in [2.24, 2.45) is 11.8 Å². The number of benzene rings is 1. The molecule has 1 amide bonds. The molecule has 2 unspecified atom stereocenters.